The second-order valence-electron chi connectivity index (χ2n) is 11.9. The molecule has 4 aromatic rings. The maximum absolute atomic E-state index is 16.3. The van der Waals surface area contributed by atoms with Crippen molar-refractivity contribution in [3.63, 3.8) is 0 Å². The molecule has 2 heterocycles. The van der Waals surface area contributed by atoms with Gasteiger partial charge in [-0.2, -0.15) is 9.97 Å². The zero-order valence-corrected chi connectivity index (χ0v) is 28.2. The van der Waals surface area contributed by atoms with E-state index in [4.69, 9.17) is 31.2 Å². The van der Waals surface area contributed by atoms with Crippen LogP contribution >= 0.6 is 0 Å². The molecule has 1 aliphatic heterocycles. The lowest BCUT2D eigenvalue weighted by Crippen LogP contribution is -2.49. The summed E-state index contributed by atoms with van der Waals surface area (Å²) in [5.41, 5.74) is -1.33. The minimum atomic E-state index is -2.81. The van der Waals surface area contributed by atoms with Crippen LogP contribution in [0.4, 0.5) is 27.8 Å². The first-order valence-corrected chi connectivity index (χ1v) is 15.8. The predicted octanol–water partition coefficient (Wildman–Crippen LogP) is 4.13. The summed E-state index contributed by atoms with van der Waals surface area (Å²) in [6, 6.07) is 4.79. The molecule has 17 heteroatoms. The molecule has 0 aliphatic carbocycles. The molecule has 0 saturated carbocycles. The van der Waals surface area contributed by atoms with Crippen LogP contribution in [0.3, 0.4) is 0 Å². The fourth-order valence-corrected chi connectivity index (χ4v) is 5.59. The summed E-state index contributed by atoms with van der Waals surface area (Å²) in [7, 11) is 0. The summed E-state index contributed by atoms with van der Waals surface area (Å²) >= 11 is 0. The highest BCUT2D eigenvalue weighted by atomic mass is 19.1. The number of alkyl halides is 1. The number of rotatable bonds is 9. The molecule has 52 heavy (non-hydrogen) atoms. The third kappa shape index (κ3) is 8.85. The number of aliphatic hydroxyl groups excluding tert-OH is 1. The number of halogens is 5. The number of terminal acetylenes is 1. The van der Waals surface area contributed by atoms with Crippen LogP contribution in [0.25, 0.3) is 32.8 Å². The Kier molecular flexibility index (Phi) is 12.9. The Morgan fingerprint density at radius 2 is 1.88 bits per heavy atom. The molecule has 0 bridgehead atoms. The van der Waals surface area contributed by atoms with Gasteiger partial charge in [0.1, 0.15) is 28.7 Å². The van der Waals surface area contributed by atoms with Gasteiger partial charge in [0.05, 0.1) is 30.7 Å². The summed E-state index contributed by atoms with van der Waals surface area (Å²) in [4.78, 5) is 10.0. The van der Waals surface area contributed by atoms with Crippen molar-refractivity contribution >= 4 is 27.5 Å². The summed E-state index contributed by atoms with van der Waals surface area (Å²) in [6.07, 6.45) is 1.80. The van der Waals surface area contributed by atoms with Crippen LogP contribution in [0.1, 0.15) is 32.8 Å². The molecule has 0 spiro atoms. The Bertz CT molecular complexity index is 1990. The zero-order valence-electron chi connectivity index (χ0n) is 28.2. The fourth-order valence-electron chi connectivity index (χ4n) is 5.59. The average Bonchev–Trinajstić information content (AvgIpc) is 3.24. The van der Waals surface area contributed by atoms with Crippen molar-refractivity contribution < 1.29 is 62.1 Å². The van der Waals surface area contributed by atoms with Gasteiger partial charge in [-0.15, -0.1) is 6.42 Å². The van der Waals surface area contributed by atoms with E-state index in [9.17, 15) is 24.1 Å². The van der Waals surface area contributed by atoms with E-state index in [2.05, 4.69) is 15.9 Å². The van der Waals surface area contributed by atoms with Gasteiger partial charge >= 0.3 is 18.6 Å². The van der Waals surface area contributed by atoms with E-state index >= 15 is 13.2 Å². The van der Waals surface area contributed by atoms with Crippen LogP contribution in [0, 0.1) is 35.7 Å². The minimum absolute atomic E-state index is 0.0358. The largest absolute Gasteiger partial charge is 0.508 e. The summed E-state index contributed by atoms with van der Waals surface area (Å²) < 4.78 is 84.0. The molecule has 6 N–H and O–H groups in total. The molecule has 0 amide bonds. The number of aromatic hydroxyl groups is 1. The standard InChI is InChI=1S/C27H21F4N3O5.C8H16FNO3/c1-3-15-18(28)5-4-13-8-14(35)9-16(20(13)15)21-19(29)10-17-23(22(21)30)32-26(39-27(36)37)33-25(17)34-6-7-38-11-12(2)24(34)31;1-3-10(8(11,12)13)5-4-7(2)6-9/h1,4-5,8-10,12,24,27,35-37H,6-7,11H2,2H3;6,11-13H,3-5H2,1-2H3/b;7-6-. The van der Waals surface area contributed by atoms with Crippen LogP contribution in [-0.2, 0) is 4.74 Å². The first-order valence-electron chi connectivity index (χ1n) is 15.8. The van der Waals surface area contributed by atoms with E-state index in [0.29, 0.717) is 18.3 Å². The van der Waals surface area contributed by atoms with Gasteiger partial charge in [-0.05, 0) is 48.6 Å². The number of aromatic nitrogens is 2. The van der Waals surface area contributed by atoms with Gasteiger partial charge < -0.3 is 45.0 Å². The van der Waals surface area contributed by atoms with E-state index in [0.717, 1.165) is 28.0 Å². The molecule has 5 rings (SSSR count). The molecule has 2 unspecified atom stereocenters. The monoisotopic (exact) mass is 736 g/mol. The topological polar surface area (TPSA) is 172 Å². The molecular formula is C35H37F5N4O8. The van der Waals surface area contributed by atoms with Crippen molar-refractivity contribution in [2.24, 2.45) is 5.92 Å². The van der Waals surface area contributed by atoms with E-state index in [1.54, 1.807) is 20.8 Å². The van der Waals surface area contributed by atoms with Gasteiger partial charge in [0, 0.05) is 41.9 Å². The highest BCUT2D eigenvalue weighted by molar-refractivity contribution is 6.04. The van der Waals surface area contributed by atoms with Crippen molar-refractivity contribution in [3.05, 3.63) is 65.2 Å². The normalized spacial score (nSPS) is 17.0. The van der Waals surface area contributed by atoms with Crippen molar-refractivity contribution in [3.8, 4) is 35.2 Å². The van der Waals surface area contributed by atoms with E-state index in [1.165, 1.54) is 12.1 Å². The lowest BCUT2D eigenvalue weighted by atomic mass is 9.92. The number of benzene rings is 3. The first-order chi connectivity index (χ1) is 24.5. The van der Waals surface area contributed by atoms with Crippen molar-refractivity contribution in [1.29, 1.82) is 0 Å². The lowest BCUT2D eigenvalue weighted by molar-refractivity contribution is -0.392. The Morgan fingerprint density at radius 1 is 1.17 bits per heavy atom. The van der Waals surface area contributed by atoms with E-state index in [-0.39, 0.29) is 71.7 Å². The fraction of sp³-hybridized carbons (Fsp3) is 0.371. The van der Waals surface area contributed by atoms with Gasteiger partial charge in [0.2, 0.25) is 0 Å². The molecule has 12 nitrogen and oxygen atoms in total. The van der Waals surface area contributed by atoms with Gasteiger partial charge in [-0.3, -0.25) is 0 Å². The number of fused-ring (bicyclic) bond motifs is 2. The Morgan fingerprint density at radius 3 is 2.50 bits per heavy atom. The number of aliphatic hydroxyl groups is 5. The van der Waals surface area contributed by atoms with Crippen LogP contribution in [0.15, 0.2) is 42.2 Å². The van der Waals surface area contributed by atoms with Crippen LogP contribution in [0.5, 0.6) is 11.8 Å². The molecule has 2 atom stereocenters. The van der Waals surface area contributed by atoms with Gasteiger partial charge in [0.25, 0.3) is 0 Å². The summed E-state index contributed by atoms with van der Waals surface area (Å²) in [5, 5.41) is 55.2. The van der Waals surface area contributed by atoms with Gasteiger partial charge in [0.15, 0.2) is 12.1 Å². The maximum Gasteiger partial charge on any atom is 0.345 e. The molecular weight excluding hydrogens is 699 g/mol. The van der Waals surface area contributed by atoms with E-state index < -0.39 is 59.3 Å². The number of hydrogen-bond donors (Lipinski definition) is 6. The molecule has 1 fully saturated rings. The Labute approximate surface area is 294 Å². The van der Waals surface area contributed by atoms with Gasteiger partial charge in [-0.25, -0.2) is 26.9 Å². The van der Waals surface area contributed by atoms with Crippen molar-refractivity contribution in [2.75, 3.05) is 37.7 Å². The van der Waals surface area contributed by atoms with Crippen LogP contribution in [-0.4, -0.2) is 97.2 Å². The van der Waals surface area contributed by atoms with Crippen LogP contribution < -0.4 is 9.64 Å². The number of phenols is 1. The second-order valence-corrected chi connectivity index (χ2v) is 11.9. The Balaban J connectivity index is 0.000000398. The number of nitrogens with zero attached hydrogens (tertiary/aromatic N) is 4. The molecule has 1 aromatic heterocycles. The van der Waals surface area contributed by atoms with Crippen LogP contribution in [0.2, 0.25) is 0 Å². The quantitative estimate of drug-likeness (QED) is 0.0630. The smallest absolute Gasteiger partial charge is 0.345 e. The molecule has 3 aromatic carbocycles. The summed E-state index contributed by atoms with van der Waals surface area (Å²) in [6.45, 7) is 2.99. The van der Waals surface area contributed by atoms with Crippen molar-refractivity contribution in [2.45, 2.75) is 46.1 Å². The highest BCUT2D eigenvalue weighted by Crippen LogP contribution is 2.42. The first kappa shape index (κ1) is 40.1. The maximum atomic E-state index is 16.3. The number of anilines is 1. The third-order valence-electron chi connectivity index (χ3n) is 8.18. The van der Waals surface area contributed by atoms with Crippen molar-refractivity contribution in [1.82, 2.24) is 14.9 Å². The second kappa shape index (κ2) is 16.8. The van der Waals surface area contributed by atoms with Gasteiger partial charge in [-0.1, -0.05) is 25.8 Å². The molecule has 280 valence electrons. The SMILES string of the molecule is C#Cc1c(F)ccc2cc(O)cc(-c3c(F)cc4c(N5CCOCC(C)C5F)nc(OC(O)O)nc4c3F)c12.CCN(CC/C(C)=C\F)C(O)(O)O. The number of hydrogen-bond acceptors (Lipinski definition) is 12. The average molecular weight is 737 g/mol. The number of ether oxygens (including phenoxy) is 2. The highest BCUT2D eigenvalue weighted by Gasteiger charge is 2.32. The molecule has 1 saturated heterocycles. The molecule has 1 aliphatic rings. The predicted molar refractivity (Wildman–Crippen MR) is 179 cm³/mol. The lowest BCUT2D eigenvalue weighted by Gasteiger charge is -2.28. The third-order valence-corrected chi connectivity index (χ3v) is 8.18. The minimum Gasteiger partial charge on any atom is -0.508 e. The Hall–Kier alpha value is -4.67. The molecule has 0 radical (unpaired) electrons. The number of phenolic OH excluding ortho intramolecular Hbond substituents is 1. The van der Waals surface area contributed by atoms with E-state index in [1.807, 2.05) is 0 Å². The summed E-state index contributed by atoms with van der Waals surface area (Å²) in [5.74, 6) is -2.38. The zero-order chi connectivity index (χ0) is 38.5.